The molecule has 0 unspecified atom stereocenters. The molecule has 0 fully saturated rings. The summed E-state index contributed by atoms with van der Waals surface area (Å²) in [6.07, 6.45) is 3.91. The third-order valence-corrected chi connectivity index (χ3v) is 2.02. The van der Waals surface area contributed by atoms with E-state index in [1.54, 1.807) is 0 Å². The number of aromatic nitrogens is 1. The largest absolute Gasteiger partial charge is 0.327 e. The summed E-state index contributed by atoms with van der Waals surface area (Å²) in [5.74, 6) is 0. The fraction of sp³-hybridized carbons (Fsp3) is 0.455. The Morgan fingerprint density at radius 2 is 2.00 bits per heavy atom. The average molecular weight is 163 g/mol. The summed E-state index contributed by atoms with van der Waals surface area (Å²) in [6, 6.07) is 2.13. The third kappa shape index (κ3) is 1.45. The molecule has 1 aromatic heterocycles. The molecular formula is C11H17N. The van der Waals surface area contributed by atoms with Gasteiger partial charge in [-0.15, -0.1) is 0 Å². The van der Waals surface area contributed by atoms with E-state index in [-0.39, 0.29) is 5.41 Å². The van der Waals surface area contributed by atoms with E-state index in [0.717, 1.165) is 0 Å². The van der Waals surface area contributed by atoms with Gasteiger partial charge < -0.3 is 4.57 Å². The minimum atomic E-state index is 0.196. The van der Waals surface area contributed by atoms with Gasteiger partial charge >= 0.3 is 0 Å². The molecule has 1 aromatic rings. The van der Waals surface area contributed by atoms with E-state index >= 15 is 0 Å². The predicted molar refractivity (Wildman–Crippen MR) is 54.3 cm³/mol. The summed E-state index contributed by atoms with van der Waals surface area (Å²) < 4.78 is 2.09. The molecule has 1 nitrogen and oxygen atoms in total. The van der Waals surface area contributed by atoms with Gasteiger partial charge in [-0.05, 0) is 18.6 Å². The molecule has 0 amide bonds. The lowest BCUT2D eigenvalue weighted by Gasteiger charge is -2.21. The first-order valence-electron chi connectivity index (χ1n) is 4.27. The van der Waals surface area contributed by atoms with Gasteiger partial charge in [0.25, 0.3) is 0 Å². The van der Waals surface area contributed by atoms with Gasteiger partial charge in [-0.3, -0.25) is 0 Å². The van der Waals surface area contributed by atoms with Gasteiger partial charge in [0, 0.05) is 23.5 Å². The van der Waals surface area contributed by atoms with Gasteiger partial charge in [0.15, 0.2) is 0 Å². The van der Waals surface area contributed by atoms with E-state index < -0.39 is 0 Å². The molecule has 0 atom stereocenters. The van der Waals surface area contributed by atoms with Crippen molar-refractivity contribution in [2.45, 2.75) is 33.1 Å². The molecule has 0 aliphatic rings. The average Bonchev–Trinajstić information content (AvgIpc) is 2.29. The van der Waals surface area contributed by atoms with Gasteiger partial charge in [-0.1, -0.05) is 27.4 Å². The van der Waals surface area contributed by atoms with Gasteiger partial charge in [0.1, 0.15) is 0 Å². The van der Waals surface area contributed by atoms with E-state index in [1.807, 2.05) is 6.20 Å². The highest BCUT2D eigenvalue weighted by atomic mass is 15.0. The fourth-order valence-electron chi connectivity index (χ4n) is 1.68. The normalized spacial score (nSPS) is 11.7. The molecule has 1 heteroatoms. The maximum absolute atomic E-state index is 3.78. The van der Waals surface area contributed by atoms with Crippen LogP contribution in [-0.2, 0) is 5.41 Å². The van der Waals surface area contributed by atoms with E-state index in [1.165, 1.54) is 11.3 Å². The summed E-state index contributed by atoms with van der Waals surface area (Å²) >= 11 is 0. The Hall–Kier alpha value is -0.980. The SMILES string of the molecule is C=Cn1ccc(C)c1C(C)(C)C. The van der Waals surface area contributed by atoms with Crippen LogP contribution in [0.3, 0.4) is 0 Å². The summed E-state index contributed by atoms with van der Waals surface area (Å²) in [4.78, 5) is 0. The van der Waals surface area contributed by atoms with Crippen LogP contribution in [0, 0.1) is 6.92 Å². The zero-order valence-corrected chi connectivity index (χ0v) is 8.39. The number of rotatable bonds is 1. The van der Waals surface area contributed by atoms with Crippen molar-refractivity contribution in [1.29, 1.82) is 0 Å². The van der Waals surface area contributed by atoms with Crippen molar-refractivity contribution in [2.24, 2.45) is 0 Å². The molecule has 0 radical (unpaired) electrons. The fourth-order valence-corrected chi connectivity index (χ4v) is 1.68. The number of nitrogens with zero attached hydrogens (tertiary/aromatic N) is 1. The van der Waals surface area contributed by atoms with Gasteiger partial charge in [0.05, 0.1) is 0 Å². The first kappa shape index (κ1) is 9.11. The molecule has 1 heterocycles. The van der Waals surface area contributed by atoms with Crippen LogP contribution in [0.4, 0.5) is 0 Å². The van der Waals surface area contributed by atoms with Crippen LogP contribution >= 0.6 is 0 Å². The highest BCUT2D eigenvalue weighted by Crippen LogP contribution is 2.26. The van der Waals surface area contributed by atoms with E-state index in [9.17, 15) is 0 Å². The molecule has 66 valence electrons. The Labute approximate surface area is 74.7 Å². The lowest BCUT2D eigenvalue weighted by Crippen LogP contribution is -2.16. The maximum atomic E-state index is 3.78. The van der Waals surface area contributed by atoms with Crippen molar-refractivity contribution in [2.75, 3.05) is 0 Å². The van der Waals surface area contributed by atoms with Gasteiger partial charge in [0.2, 0.25) is 0 Å². The first-order chi connectivity index (χ1) is 5.46. The lowest BCUT2D eigenvalue weighted by atomic mass is 9.90. The van der Waals surface area contributed by atoms with Crippen molar-refractivity contribution >= 4 is 6.20 Å². The molecule has 0 aromatic carbocycles. The Morgan fingerprint density at radius 1 is 1.42 bits per heavy atom. The maximum Gasteiger partial charge on any atom is 0.0303 e. The Bertz CT molecular complexity index is 286. The molecule has 0 spiro atoms. The Kier molecular flexibility index (Phi) is 2.14. The minimum Gasteiger partial charge on any atom is -0.327 e. The van der Waals surface area contributed by atoms with Crippen LogP contribution in [-0.4, -0.2) is 4.57 Å². The predicted octanol–water partition coefficient (Wildman–Crippen LogP) is 3.19. The number of hydrogen-bond donors (Lipinski definition) is 0. The van der Waals surface area contributed by atoms with Crippen molar-refractivity contribution < 1.29 is 0 Å². The second-order valence-electron chi connectivity index (χ2n) is 4.19. The van der Waals surface area contributed by atoms with Crippen LogP contribution in [0.25, 0.3) is 6.20 Å². The van der Waals surface area contributed by atoms with Crippen LogP contribution in [0.15, 0.2) is 18.8 Å². The highest BCUT2D eigenvalue weighted by Gasteiger charge is 2.19. The molecule has 0 bridgehead atoms. The van der Waals surface area contributed by atoms with Gasteiger partial charge in [-0.25, -0.2) is 0 Å². The molecule has 0 aliphatic heterocycles. The minimum absolute atomic E-state index is 0.196. The Balaban J connectivity index is 3.28. The zero-order chi connectivity index (χ0) is 9.35. The van der Waals surface area contributed by atoms with E-state index in [0.29, 0.717) is 0 Å². The summed E-state index contributed by atoms with van der Waals surface area (Å²) in [6.45, 7) is 12.6. The monoisotopic (exact) mass is 163 g/mol. The number of aryl methyl sites for hydroxylation is 1. The topological polar surface area (TPSA) is 4.93 Å². The second kappa shape index (κ2) is 2.81. The second-order valence-corrected chi connectivity index (χ2v) is 4.19. The van der Waals surface area contributed by atoms with Crippen molar-refractivity contribution in [3.63, 3.8) is 0 Å². The zero-order valence-electron chi connectivity index (χ0n) is 8.39. The molecule has 0 aliphatic carbocycles. The van der Waals surface area contributed by atoms with Crippen LogP contribution in [0.5, 0.6) is 0 Å². The van der Waals surface area contributed by atoms with Crippen molar-refractivity contribution in [3.05, 3.63) is 30.1 Å². The smallest absolute Gasteiger partial charge is 0.0303 e. The summed E-state index contributed by atoms with van der Waals surface area (Å²) in [5, 5.41) is 0. The standard InChI is InChI=1S/C11H17N/c1-6-12-8-7-9(2)10(12)11(3,4)5/h6-8H,1H2,2-5H3. The molecule has 0 saturated heterocycles. The molecule has 0 saturated carbocycles. The first-order valence-corrected chi connectivity index (χ1v) is 4.27. The van der Waals surface area contributed by atoms with E-state index in [4.69, 9.17) is 0 Å². The lowest BCUT2D eigenvalue weighted by molar-refractivity contribution is 0.557. The Morgan fingerprint density at radius 3 is 2.33 bits per heavy atom. The van der Waals surface area contributed by atoms with Crippen molar-refractivity contribution in [1.82, 2.24) is 4.57 Å². The van der Waals surface area contributed by atoms with E-state index in [2.05, 4.69) is 51.1 Å². The van der Waals surface area contributed by atoms with Crippen molar-refractivity contribution in [3.8, 4) is 0 Å². The third-order valence-electron chi connectivity index (χ3n) is 2.02. The van der Waals surface area contributed by atoms with Crippen LogP contribution < -0.4 is 0 Å². The quantitative estimate of drug-likeness (QED) is 0.599. The molecule has 0 N–H and O–H groups in total. The highest BCUT2D eigenvalue weighted by molar-refractivity contribution is 5.35. The van der Waals surface area contributed by atoms with Gasteiger partial charge in [-0.2, -0.15) is 0 Å². The summed E-state index contributed by atoms with van der Waals surface area (Å²) in [7, 11) is 0. The summed E-state index contributed by atoms with van der Waals surface area (Å²) in [5.41, 5.74) is 2.88. The molecule has 1 rings (SSSR count). The number of hydrogen-bond acceptors (Lipinski definition) is 0. The van der Waals surface area contributed by atoms with Crippen LogP contribution in [0.2, 0.25) is 0 Å². The van der Waals surface area contributed by atoms with Crippen LogP contribution in [0.1, 0.15) is 32.0 Å². The molecule has 12 heavy (non-hydrogen) atoms. The molecular weight excluding hydrogens is 146 g/mol.